The summed E-state index contributed by atoms with van der Waals surface area (Å²) in [4.78, 5) is 24.3. The molecule has 0 aliphatic heterocycles. The molecule has 0 fully saturated rings. The van der Waals surface area contributed by atoms with E-state index in [1.165, 1.54) is 0 Å². The van der Waals surface area contributed by atoms with Crippen LogP contribution in [-0.2, 0) is 11.4 Å². The van der Waals surface area contributed by atoms with Crippen LogP contribution in [0.25, 0.3) is 0 Å². The first-order valence-electron chi connectivity index (χ1n) is 8.31. The lowest BCUT2D eigenvalue weighted by molar-refractivity contribution is -0.121. The van der Waals surface area contributed by atoms with Crippen LogP contribution in [-0.4, -0.2) is 23.9 Å². The van der Waals surface area contributed by atoms with Gasteiger partial charge in [0.05, 0.1) is 12.1 Å². The average Bonchev–Trinajstić information content (AvgIpc) is 2.58. The molecule has 0 radical (unpaired) electrons. The summed E-state index contributed by atoms with van der Waals surface area (Å²) in [7, 11) is 0. The molecule has 0 aliphatic carbocycles. The van der Waals surface area contributed by atoms with Crippen LogP contribution in [0, 0.1) is 0 Å². The van der Waals surface area contributed by atoms with Crippen LogP contribution in [0.2, 0.25) is 0 Å². The van der Waals surface area contributed by atoms with Crippen molar-refractivity contribution >= 4 is 27.7 Å². The number of nitrogens with one attached hydrogen (secondary N) is 2. The van der Waals surface area contributed by atoms with E-state index < -0.39 is 0 Å². The van der Waals surface area contributed by atoms with Crippen molar-refractivity contribution in [3.05, 3.63) is 64.1 Å². The lowest BCUT2D eigenvalue weighted by Crippen LogP contribution is -2.45. The van der Waals surface area contributed by atoms with Crippen LogP contribution in [0.5, 0.6) is 5.75 Å². The summed E-state index contributed by atoms with van der Waals surface area (Å²) in [6, 6.07) is 14.7. The smallest absolute Gasteiger partial charge is 0.255 e. The lowest BCUT2D eigenvalue weighted by atomic mass is 10.1. The topological polar surface area (TPSA) is 67.4 Å². The van der Waals surface area contributed by atoms with Crippen molar-refractivity contribution in [1.29, 1.82) is 0 Å². The molecule has 26 heavy (non-hydrogen) atoms. The number of amides is 2. The molecule has 2 aromatic rings. The molecule has 0 aliphatic rings. The van der Waals surface area contributed by atoms with Crippen molar-refractivity contribution in [3.8, 4) is 5.75 Å². The van der Waals surface area contributed by atoms with Gasteiger partial charge in [0, 0.05) is 15.6 Å². The first-order chi connectivity index (χ1) is 12.3. The zero-order valence-corrected chi connectivity index (χ0v) is 16.7. The Morgan fingerprint density at radius 2 is 1.69 bits per heavy atom. The number of benzene rings is 2. The zero-order valence-electron chi connectivity index (χ0n) is 15.1. The van der Waals surface area contributed by atoms with E-state index in [0.717, 1.165) is 10.0 Å². The summed E-state index contributed by atoms with van der Waals surface area (Å²) < 4.78 is 6.77. The van der Waals surface area contributed by atoms with Gasteiger partial charge in [-0.25, -0.2) is 0 Å². The Hall–Kier alpha value is -2.34. The van der Waals surface area contributed by atoms with Gasteiger partial charge in [-0.3, -0.25) is 9.59 Å². The summed E-state index contributed by atoms with van der Waals surface area (Å²) in [6.45, 7) is 5.90. The third-order valence-corrected chi connectivity index (χ3v) is 4.17. The van der Waals surface area contributed by atoms with Crippen molar-refractivity contribution in [3.63, 3.8) is 0 Å². The van der Waals surface area contributed by atoms with E-state index in [9.17, 15) is 9.59 Å². The van der Waals surface area contributed by atoms with Crippen molar-refractivity contribution < 1.29 is 14.3 Å². The highest BCUT2D eigenvalue weighted by Gasteiger charge is 2.16. The molecule has 2 rings (SSSR count). The fourth-order valence-electron chi connectivity index (χ4n) is 2.27. The first-order valence-corrected chi connectivity index (χ1v) is 9.10. The highest BCUT2D eigenvalue weighted by Crippen LogP contribution is 2.22. The number of rotatable bonds is 6. The maximum absolute atomic E-state index is 12.4. The van der Waals surface area contributed by atoms with Gasteiger partial charge < -0.3 is 15.4 Å². The summed E-state index contributed by atoms with van der Waals surface area (Å²) >= 11 is 3.48. The van der Waals surface area contributed by atoms with Gasteiger partial charge in [-0.2, -0.15) is 0 Å². The van der Waals surface area contributed by atoms with Crippen LogP contribution in [0.15, 0.2) is 53.0 Å². The number of halogens is 1. The maximum atomic E-state index is 12.4. The van der Waals surface area contributed by atoms with Gasteiger partial charge in [0.25, 0.3) is 5.91 Å². The van der Waals surface area contributed by atoms with Gasteiger partial charge in [-0.15, -0.1) is 0 Å². The summed E-state index contributed by atoms with van der Waals surface area (Å²) in [5.41, 5.74) is 1.03. The maximum Gasteiger partial charge on any atom is 0.255 e. The van der Waals surface area contributed by atoms with E-state index in [-0.39, 0.29) is 23.9 Å². The minimum Gasteiger partial charge on any atom is -0.488 e. The van der Waals surface area contributed by atoms with Crippen molar-refractivity contribution in [2.24, 2.45) is 0 Å². The Kier molecular flexibility index (Phi) is 6.80. The molecule has 0 saturated carbocycles. The predicted molar refractivity (Wildman–Crippen MR) is 105 cm³/mol. The Labute approximate surface area is 162 Å². The van der Waals surface area contributed by atoms with Crippen LogP contribution in [0.1, 0.15) is 36.7 Å². The van der Waals surface area contributed by atoms with Crippen LogP contribution in [0.4, 0.5) is 0 Å². The van der Waals surface area contributed by atoms with Crippen molar-refractivity contribution in [1.82, 2.24) is 10.6 Å². The molecule has 0 bridgehead atoms. The standard InChI is InChI=1S/C20H23BrN2O3/c1-20(2,3)23-18(24)12-22-19(25)15-9-5-7-11-17(15)26-13-14-8-4-6-10-16(14)21/h4-11H,12-13H2,1-3H3,(H,22,25)(H,23,24). The highest BCUT2D eigenvalue weighted by atomic mass is 79.9. The quantitative estimate of drug-likeness (QED) is 0.751. The summed E-state index contributed by atoms with van der Waals surface area (Å²) in [5, 5.41) is 5.43. The fourth-order valence-corrected chi connectivity index (χ4v) is 2.67. The zero-order chi connectivity index (χ0) is 19.2. The van der Waals surface area contributed by atoms with E-state index in [1.807, 2.05) is 45.0 Å². The third-order valence-electron chi connectivity index (χ3n) is 3.40. The normalized spacial score (nSPS) is 10.9. The lowest BCUT2D eigenvalue weighted by Gasteiger charge is -2.20. The molecule has 6 heteroatoms. The second-order valence-electron chi connectivity index (χ2n) is 6.86. The van der Waals surface area contributed by atoms with Gasteiger partial charge in [-0.05, 0) is 39.0 Å². The molecular weight excluding hydrogens is 396 g/mol. The van der Waals surface area contributed by atoms with E-state index in [1.54, 1.807) is 24.3 Å². The molecule has 138 valence electrons. The van der Waals surface area contributed by atoms with Crippen LogP contribution >= 0.6 is 15.9 Å². The fraction of sp³-hybridized carbons (Fsp3) is 0.300. The molecule has 0 aromatic heterocycles. The molecule has 0 heterocycles. The summed E-state index contributed by atoms with van der Waals surface area (Å²) in [5.74, 6) is -0.119. The molecule has 0 unspecified atom stereocenters. The molecular formula is C20H23BrN2O3. The Morgan fingerprint density at radius 1 is 1.04 bits per heavy atom. The molecule has 0 atom stereocenters. The largest absolute Gasteiger partial charge is 0.488 e. The second-order valence-corrected chi connectivity index (χ2v) is 7.71. The van der Waals surface area contributed by atoms with E-state index in [4.69, 9.17) is 4.74 Å². The van der Waals surface area contributed by atoms with Crippen LogP contribution in [0.3, 0.4) is 0 Å². The van der Waals surface area contributed by atoms with Crippen molar-refractivity contribution in [2.75, 3.05) is 6.54 Å². The first kappa shape index (κ1) is 20.0. The van der Waals surface area contributed by atoms with E-state index in [2.05, 4.69) is 26.6 Å². The monoisotopic (exact) mass is 418 g/mol. The van der Waals surface area contributed by atoms with Gasteiger partial charge in [0.15, 0.2) is 0 Å². The van der Waals surface area contributed by atoms with Gasteiger partial charge in [0.2, 0.25) is 5.91 Å². The highest BCUT2D eigenvalue weighted by molar-refractivity contribution is 9.10. The Bertz CT molecular complexity index is 785. The molecule has 2 amide bonds. The van der Waals surface area contributed by atoms with E-state index in [0.29, 0.717) is 17.9 Å². The average molecular weight is 419 g/mol. The number of ether oxygens (including phenoxy) is 1. The van der Waals surface area contributed by atoms with Gasteiger partial charge >= 0.3 is 0 Å². The molecule has 2 aromatic carbocycles. The van der Waals surface area contributed by atoms with Gasteiger partial charge in [-0.1, -0.05) is 46.3 Å². The number of hydrogen-bond acceptors (Lipinski definition) is 3. The second kappa shape index (κ2) is 8.85. The number of carbonyl (C=O) groups excluding carboxylic acids is 2. The Morgan fingerprint density at radius 3 is 2.38 bits per heavy atom. The Balaban J connectivity index is 2.00. The predicted octanol–water partition coefficient (Wildman–Crippen LogP) is 3.67. The van der Waals surface area contributed by atoms with Crippen molar-refractivity contribution in [2.45, 2.75) is 32.9 Å². The number of hydrogen-bond donors (Lipinski definition) is 2. The minimum atomic E-state index is -0.350. The molecule has 0 saturated heterocycles. The third kappa shape index (κ3) is 6.19. The molecule has 0 spiro atoms. The molecule has 5 nitrogen and oxygen atoms in total. The van der Waals surface area contributed by atoms with E-state index >= 15 is 0 Å². The van der Waals surface area contributed by atoms with Crippen LogP contribution < -0.4 is 15.4 Å². The number of para-hydroxylation sites is 1. The number of carbonyl (C=O) groups is 2. The van der Waals surface area contributed by atoms with Gasteiger partial charge in [0.1, 0.15) is 12.4 Å². The minimum absolute atomic E-state index is 0.0886. The SMILES string of the molecule is CC(C)(C)NC(=O)CNC(=O)c1ccccc1OCc1ccccc1Br. The summed E-state index contributed by atoms with van der Waals surface area (Å²) in [6.07, 6.45) is 0. The molecule has 2 N–H and O–H groups in total.